The van der Waals surface area contributed by atoms with Crippen molar-refractivity contribution in [2.24, 2.45) is 0 Å². The number of nitrogens with two attached hydrogens (primary N) is 1. The van der Waals surface area contributed by atoms with E-state index in [2.05, 4.69) is 4.98 Å². The van der Waals surface area contributed by atoms with Crippen LogP contribution < -0.4 is 5.73 Å². The van der Waals surface area contributed by atoms with Crippen LogP contribution in [-0.2, 0) is 9.53 Å². The number of ether oxygens (including phenoxy) is 1. The fourth-order valence-corrected chi connectivity index (χ4v) is 2.36. The zero-order valence-electron chi connectivity index (χ0n) is 11.8. The summed E-state index contributed by atoms with van der Waals surface area (Å²) in [6.45, 7) is 5.29. The van der Waals surface area contributed by atoms with Crippen LogP contribution in [0.5, 0.6) is 0 Å². The van der Waals surface area contributed by atoms with Gasteiger partial charge in [-0.3, -0.25) is 4.79 Å². The first kappa shape index (κ1) is 14.4. The van der Waals surface area contributed by atoms with Gasteiger partial charge in [0, 0.05) is 13.1 Å². The molecule has 2 heterocycles. The lowest BCUT2D eigenvalue weighted by atomic mass is 10.3. The molecule has 2 N–H and O–H groups in total. The van der Waals surface area contributed by atoms with E-state index >= 15 is 0 Å². The van der Waals surface area contributed by atoms with Crippen LogP contribution >= 0.6 is 0 Å². The molecule has 1 aromatic rings. The first-order valence-corrected chi connectivity index (χ1v) is 6.84. The van der Waals surface area contributed by atoms with Gasteiger partial charge in [0.05, 0.1) is 12.9 Å². The highest BCUT2D eigenvalue weighted by molar-refractivity contribution is 5.92. The summed E-state index contributed by atoms with van der Waals surface area (Å²) in [6, 6.07) is -0.469. The van der Waals surface area contributed by atoms with E-state index in [1.165, 1.54) is 10.9 Å². The Bertz CT molecular complexity index is 506. The van der Waals surface area contributed by atoms with E-state index in [9.17, 15) is 9.59 Å². The van der Waals surface area contributed by atoms with Gasteiger partial charge in [-0.1, -0.05) is 0 Å². The number of anilines is 1. The maximum Gasteiger partial charge on any atom is 0.360 e. The highest BCUT2D eigenvalue weighted by Crippen LogP contribution is 2.21. The van der Waals surface area contributed by atoms with Gasteiger partial charge in [-0.05, 0) is 26.7 Å². The Morgan fingerprint density at radius 2 is 2.10 bits per heavy atom. The molecule has 1 saturated heterocycles. The van der Waals surface area contributed by atoms with Crippen molar-refractivity contribution >= 4 is 17.7 Å². The molecule has 0 saturated carbocycles. The highest BCUT2D eigenvalue weighted by atomic mass is 16.5. The van der Waals surface area contributed by atoms with E-state index < -0.39 is 12.0 Å². The number of likely N-dealkylation sites (tertiary alicyclic amines) is 1. The molecule has 1 unspecified atom stereocenters. The third-order valence-corrected chi connectivity index (χ3v) is 3.49. The van der Waals surface area contributed by atoms with Crippen LogP contribution in [0.3, 0.4) is 0 Å². The second-order valence-electron chi connectivity index (χ2n) is 4.81. The van der Waals surface area contributed by atoms with Crippen molar-refractivity contribution < 1.29 is 14.3 Å². The normalized spacial score (nSPS) is 16.2. The maximum atomic E-state index is 12.3. The minimum absolute atomic E-state index is 0.00186. The summed E-state index contributed by atoms with van der Waals surface area (Å²) in [5.41, 5.74) is 5.96. The lowest BCUT2D eigenvalue weighted by molar-refractivity contribution is -0.133. The van der Waals surface area contributed by atoms with Crippen molar-refractivity contribution in [1.29, 1.82) is 0 Å². The Balaban J connectivity index is 2.16. The summed E-state index contributed by atoms with van der Waals surface area (Å²) >= 11 is 0. The minimum atomic E-state index is -0.565. The number of carbonyl (C=O) groups is 2. The lowest BCUT2D eigenvalue weighted by Gasteiger charge is -2.21. The van der Waals surface area contributed by atoms with Crippen LogP contribution in [0, 0.1) is 0 Å². The molecule has 0 aromatic carbocycles. The summed E-state index contributed by atoms with van der Waals surface area (Å²) in [5.74, 6) is -0.393. The van der Waals surface area contributed by atoms with E-state index in [0.717, 1.165) is 25.9 Å². The lowest BCUT2D eigenvalue weighted by Crippen LogP contribution is -2.34. The zero-order chi connectivity index (χ0) is 14.7. The molecule has 0 bridgehead atoms. The molecule has 7 heteroatoms. The van der Waals surface area contributed by atoms with Gasteiger partial charge in [0.2, 0.25) is 5.91 Å². The second kappa shape index (κ2) is 5.94. The topological polar surface area (TPSA) is 90.4 Å². The molecule has 0 spiro atoms. The predicted octanol–water partition coefficient (Wildman–Crippen LogP) is 0.825. The van der Waals surface area contributed by atoms with E-state index in [0.29, 0.717) is 0 Å². The summed E-state index contributed by atoms with van der Waals surface area (Å²) in [6.07, 6.45) is 3.48. The Labute approximate surface area is 117 Å². The molecule has 2 rings (SSSR count). The number of esters is 1. The summed E-state index contributed by atoms with van der Waals surface area (Å²) in [4.78, 5) is 29.7. The third-order valence-electron chi connectivity index (χ3n) is 3.49. The number of imidazole rings is 1. The van der Waals surface area contributed by atoms with Gasteiger partial charge >= 0.3 is 5.97 Å². The van der Waals surface area contributed by atoms with Gasteiger partial charge in [-0.2, -0.15) is 0 Å². The maximum absolute atomic E-state index is 12.3. The van der Waals surface area contributed by atoms with Crippen LogP contribution in [0.1, 0.15) is 43.2 Å². The molecule has 1 atom stereocenters. The van der Waals surface area contributed by atoms with Crippen LogP contribution in [-0.4, -0.2) is 46.0 Å². The SMILES string of the molecule is CCOC(=O)c1ncn(C(C)C(=O)N2CCCC2)c1N. The Morgan fingerprint density at radius 3 is 2.70 bits per heavy atom. The standard InChI is InChI=1S/C13H20N4O3/c1-3-20-13(19)10-11(14)17(8-15-10)9(2)12(18)16-6-4-5-7-16/h8-9H,3-7,14H2,1-2H3. The number of rotatable bonds is 4. The van der Waals surface area contributed by atoms with E-state index in [1.54, 1.807) is 13.8 Å². The van der Waals surface area contributed by atoms with Crippen molar-refractivity contribution in [3.8, 4) is 0 Å². The third kappa shape index (κ3) is 2.61. The Morgan fingerprint density at radius 1 is 1.45 bits per heavy atom. The van der Waals surface area contributed by atoms with Gasteiger partial charge in [-0.25, -0.2) is 9.78 Å². The summed E-state index contributed by atoms with van der Waals surface area (Å²) in [7, 11) is 0. The molecule has 1 fully saturated rings. The van der Waals surface area contributed by atoms with Gasteiger partial charge in [0.15, 0.2) is 5.69 Å². The van der Waals surface area contributed by atoms with Gasteiger partial charge in [-0.15, -0.1) is 0 Å². The van der Waals surface area contributed by atoms with Gasteiger partial charge in [0.1, 0.15) is 11.9 Å². The van der Waals surface area contributed by atoms with Crippen molar-refractivity contribution in [3.05, 3.63) is 12.0 Å². The van der Waals surface area contributed by atoms with Crippen LogP contribution in [0.4, 0.5) is 5.82 Å². The molecule has 110 valence electrons. The van der Waals surface area contributed by atoms with Crippen LogP contribution in [0.2, 0.25) is 0 Å². The molecule has 0 radical (unpaired) electrons. The van der Waals surface area contributed by atoms with Crippen molar-refractivity contribution in [1.82, 2.24) is 14.5 Å². The fraction of sp³-hybridized carbons (Fsp3) is 0.615. The average Bonchev–Trinajstić information content (AvgIpc) is 3.06. The molecule has 0 aliphatic carbocycles. The first-order valence-electron chi connectivity index (χ1n) is 6.84. The summed E-state index contributed by atoms with van der Waals surface area (Å²) in [5, 5.41) is 0. The minimum Gasteiger partial charge on any atom is -0.461 e. The molecule has 20 heavy (non-hydrogen) atoms. The van der Waals surface area contributed by atoms with Crippen LogP contribution in [0.25, 0.3) is 0 Å². The smallest absolute Gasteiger partial charge is 0.360 e. The number of aromatic nitrogens is 2. The first-order chi connectivity index (χ1) is 9.56. The van der Waals surface area contributed by atoms with E-state index in [4.69, 9.17) is 10.5 Å². The van der Waals surface area contributed by atoms with Gasteiger partial charge < -0.3 is 19.9 Å². The number of carbonyl (C=O) groups excluding carboxylic acids is 2. The summed E-state index contributed by atoms with van der Waals surface area (Å²) < 4.78 is 6.39. The second-order valence-corrected chi connectivity index (χ2v) is 4.81. The van der Waals surface area contributed by atoms with Crippen LogP contribution in [0.15, 0.2) is 6.33 Å². The molecule has 1 aliphatic heterocycles. The molecule has 1 amide bonds. The fourth-order valence-electron chi connectivity index (χ4n) is 2.36. The van der Waals surface area contributed by atoms with Gasteiger partial charge in [0.25, 0.3) is 0 Å². The van der Waals surface area contributed by atoms with Crippen molar-refractivity contribution in [2.75, 3.05) is 25.4 Å². The molecule has 7 nitrogen and oxygen atoms in total. The van der Waals surface area contributed by atoms with E-state index in [1.807, 2.05) is 4.90 Å². The number of hydrogen-bond donors (Lipinski definition) is 1. The van der Waals surface area contributed by atoms with E-state index in [-0.39, 0.29) is 24.0 Å². The Kier molecular flexibility index (Phi) is 4.26. The number of nitrogen functional groups attached to an aromatic ring is 1. The highest BCUT2D eigenvalue weighted by Gasteiger charge is 2.27. The zero-order valence-corrected chi connectivity index (χ0v) is 11.8. The number of nitrogens with zero attached hydrogens (tertiary/aromatic N) is 3. The molecular formula is C13H20N4O3. The average molecular weight is 280 g/mol. The van der Waals surface area contributed by atoms with Crippen molar-refractivity contribution in [3.63, 3.8) is 0 Å². The molecule has 1 aliphatic rings. The number of amides is 1. The quantitative estimate of drug-likeness (QED) is 0.825. The molecule has 1 aromatic heterocycles. The molecular weight excluding hydrogens is 260 g/mol. The predicted molar refractivity (Wildman–Crippen MR) is 73.1 cm³/mol. The number of hydrogen-bond acceptors (Lipinski definition) is 5. The monoisotopic (exact) mass is 280 g/mol. The largest absolute Gasteiger partial charge is 0.461 e. The Hall–Kier alpha value is -2.05. The van der Waals surface area contributed by atoms with Crippen molar-refractivity contribution in [2.45, 2.75) is 32.7 Å².